The van der Waals surface area contributed by atoms with Crippen LogP contribution in [0.25, 0.3) is 0 Å². The van der Waals surface area contributed by atoms with Gasteiger partial charge in [0.1, 0.15) is 0 Å². The van der Waals surface area contributed by atoms with Crippen LogP contribution < -0.4 is 0 Å². The molecule has 3 heteroatoms. The van der Waals surface area contributed by atoms with Crippen molar-refractivity contribution in [2.24, 2.45) is 0 Å². The molecular formula is C14H21NO2. The summed E-state index contributed by atoms with van der Waals surface area (Å²) in [6, 6.07) is 9.93. The summed E-state index contributed by atoms with van der Waals surface area (Å²) in [6.07, 6.45) is 1.07. The van der Waals surface area contributed by atoms with Gasteiger partial charge in [0.25, 0.3) is 0 Å². The molecule has 0 aliphatic heterocycles. The minimum absolute atomic E-state index is 0.125. The van der Waals surface area contributed by atoms with Crippen LogP contribution in [0.5, 0.6) is 0 Å². The number of carbonyl (C=O) groups is 1. The fourth-order valence-corrected chi connectivity index (χ4v) is 1.78. The van der Waals surface area contributed by atoms with Crippen molar-refractivity contribution in [3.05, 3.63) is 35.9 Å². The van der Waals surface area contributed by atoms with Crippen molar-refractivity contribution in [3.63, 3.8) is 0 Å². The monoisotopic (exact) mass is 235 g/mol. The molecule has 0 saturated carbocycles. The largest absolute Gasteiger partial charge is 0.396 e. The molecule has 0 unspecified atom stereocenters. The highest BCUT2D eigenvalue weighted by atomic mass is 16.3. The van der Waals surface area contributed by atoms with E-state index in [0.717, 1.165) is 5.56 Å². The third kappa shape index (κ3) is 4.57. The number of amides is 1. The van der Waals surface area contributed by atoms with E-state index in [1.54, 1.807) is 0 Å². The van der Waals surface area contributed by atoms with Crippen LogP contribution in [-0.2, 0) is 11.2 Å². The van der Waals surface area contributed by atoms with Crippen LogP contribution in [0.3, 0.4) is 0 Å². The first-order valence-corrected chi connectivity index (χ1v) is 6.09. The van der Waals surface area contributed by atoms with Crippen LogP contribution in [0, 0.1) is 0 Å². The third-order valence-electron chi connectivity index (χ3n) is 2.70. The zero-order chi connectivity index (χ0) is 12.7. The number of aliphatic hydroxyl groups is 1. The Kier molecular flexibility index (Phi) is 5.70. The van der Waals surface area contributed by atoms with E-state index in [2.05, 4.69) is 0 Å². The summed E-state index contributed by atoms with van der Waals surface area (Å²) in [5.74, 6) is 0.125. The Morgan fingerprint density at radius 3 is 2.47 bits per heavy atom. The highest BCUT2D eigenvalue weighted by Crippen LogP contribution is 2.06. The van der Waals surface area contributed by atoms with Crippen molar-refractivity contribution in [1.29, 1.82) is 0 Å². The van der Waals surface area contributed by atoms with Crippen LogP contribution in [0.4, 0.5) is 0 Å². The topological polar surface area (TPSA) is 40.5 Å². The number of nitrogens with zero attached hydrogens (tertiary/aromatic N) is 1. The molecule has 0 heterocycles. The third-order valence-corrected chi connectivity index (χ3v) is 2.70. The first-order valence-electron chi connectivity index (χ1n) is 6.09. The van der Waals surface area contributed by atoms with Gasteiger partial charge in [-0.15, -0.1) is 0 Å². The Bertz CT molecular complexity index is 335. The molecule has 94 valence electrons. The van der Waals surface area contributed by atoms with Crippen LogP contribution in [-0.4, -0.2) is 35.1 Å². The minimum atomic E-state index is 0.125. The smallest absolute Gasteiger partial charge is 0.227 e. The maximum absolute atomic E-state index is 12.1. The van der Waals surface area contributed by atoms with E-state index in [0.29, 0.717) is 19.4 Å². The molecule has 1 N–H and O–H groups in total. The van der Waals surface area contributed by atoms with Crippen molar-refractivity contribution in [1.82, 2.24) is 4.90 Å². The maximum atomic E-state index is 12.1. The van der Waals surface area contributed by atoms with Gasteiger partial charge in [0.2, 0.25) is 5.91 Å². The molecule has 1 amide bonds. The normalized spacial score (nSPS) is 10.6. The van der Waals surface area contributed by atoms with E-state index in [4.69, 9.17) is 5.11 Å². The maximum Gasteiger partial charge on any atom is 0.227 e. The number of hydrogen-bond donors (Lipinski definition) is 1. The fraction of sp³-hybridized carbons (Fsp3) is 0.500. The molecule has 3 nitrogen and oxygen atoms in total. The van der Waals surface area contributed by atoms with Crippen LogP contribution in [0.2, 0.25) is 0 Å². The lowest BCUT2D eigenvalue weighted by Crippen LogP contribution is -2.39. The summed E-state index contributed by atoms with van der Waals surface area (Å²) >= 11 is 0. The molecule has 0 aliphatic rings. The Balaban J connectivity index is 2.59. The van der Waals surface area contributed by atoms with Gasteiger partial charge in [-0.25, -0.2) is 0 Å². The number of carbonyl (C=O) groups excluding carboxylic acids is 1. The Hall–Kier alpha value is -1.35. The molecule has 0 bridgehead atoms. The average molecular weight is 235 g/mol. The van der Waals surface area contributed by atoms with E-state index >= 15 is 0 Å². The predicted molar refractivity (Wildman–Crippen MR) is 68.7 cm³/mol. The predicted octanol–water partition coefficient (Wildman–Crippen LogP) is 1.85. The van der Waals surface area contributed by atoms with E-state index in [1.165, 1.54) is 0 Å². The lowest BCUT2D eigenvalue weighted by molar-refractivity contribution is -0.132. The van der Waals surface area contributed by atoms with E-state index in [9.17, 15) is 4.79 Å². The number of benzene rings is 1. The molecule has 0 spiro atoms. The van der Waals surface area contributed by atoms with Crippen molar-refractivity contribution in [2.45, 2.75) is 32.7 Å². The Morgan fingerprint density at radius 1 is 1.29 bits per heavy atom. The van der Waals surface area contributed by atoms with Gasteiger partial charge in [0.15, 0.2) is 0 Å². The lowest BCUT2D eigenvalue weighted by atomic mass is 10.1. The number of rotatable bonds is 6. The molecule has 0 aliphatic carbocycles. The summed E-state index contributed by atoms with van der Waals surface area (Å²) < 4.78 is 0. The summed E-state index contributed by atoms with van der Waals surface area (Å²) in [5.41, 5.74) is 1.03. The molecule has 0 aromatic heterocycles. The average Bonchev–Trinajstić information content (AvgIpc) is 2.30. The molecule has 1 aromatic carbocycles. The van der Waals surface area contributed by atoms with Crippen molar-refractivity contribution in [3.8, 4) is 0 Å². The molecule has 0 saturated heterocycles. The fourth-order valence-electron chi connectivity index (χ4n) is 1.78. The highest BCUT2D eigenvalue weighted by Gasteiger charge is 2.16. The van der Waals surface area contributed by atoms with Gasteiger partial charge in [-0.3, -0.25) is 4.79 Å². The van der Waals surface area contributed by atoms with Gasteiger partial charge < -0.3 is 10.0 Å². The van der Waals surface area contributed by atoms with Gasteiger partial charge in [-0.2, -0.15) is 0 Å². The standard InChI is InChI=1S/C14H21NO2/c1-12(2)15(9-6-10-16)14(17)11-13-7-4-3-5-8-13/h3-5,7-8,12,16H,6,9-11H2,1-2H3. The SMILES string of the molecule is CC(C)N(CCCO)C(=O)Cc1ccccc1. The second-order valence-corrected chi connectivity index (χ2v) is 4.42. The zero-order valence-electron chi connectivity index (χ0n) is 10.6. The van der Waals surface area contributed by atoms with Gasteiger partial charge in [0.05, 0.1) is 6.42 Å². The quantitative estimate of drug-likeness (QED) is 0.817. The van der Waals surface area contributed by atoms with E-state index < -0.39 is 0 Å². The molecule has 1 rings (SSSR count). The lowest BCUT2D eigenvalue weighted by Gasteiger charge is -2.26. The molecule has 0 radical (unpaired) electrons. The molecule has 1 aromatic rings. The molecule has 0 atom stereocenters. The number of hydrogen-bond acceptors (Lipinski definition) is 2. The minimum Gasteiger partial charge on any atom is -0.396 e. The number of aliphatic hydroxyl groups excluding tert-OH is 1. The van der Waals surface area contributed by atoms with E-state index in [-0.39, 0.29) is 18.6 Å². The Morgan fingerprint density at radius 2 is 1.94 bits per heavy atom. The van der Waals surface area contributed by atoms with Crippen molar-refractivity contribution >= 4 is 5.91 Å². The summed E-state index contributed by atoms with van der Waals surface area (Å²) in [5, 5.41) is 8.83. The van der Waals surface area contributed by atoms with Gasteiger partial charge in [-0.1, -0.05) is 30.3 Å². The summed E-state index contributed by atoms with van der Waals surface area (Å²) in [4.78, 5) is 13.9. The van der Waals surface area contributed by atoms with Crippen LogP contribution in [0.15, 0.2) is 30.3 Å². The first kappa shape index (κ1) is 13.7. The summed E-state index contributed by atoms with van der Waals surface area (Å²) in [6.45, 7) is 4.75. The second-order valence-electron chi connectivity index (χ2n) is 4.42. The molecule has 0 fully saturated rings. The van der Waals surface area contributed by atoms with Crippen LogP contribution in [0.1, 0.15) is 25.8 Å². The van der Waals surface area contributed by atoms with Gasteiger partial charge in [0, 0.05) is 19.2 Å². The van der Waals surface area contributed by atoms with Crippen molar-refractivity contribution in [2.75, 3.05) is 13.2 Å². The first-order chi connectivity index (χ1) is 8.15. The van der Waals surface area contributed by atoms with E-state index in [1.807, 2.05) is 49.1 Å². The molecule has 17 heavy (non-hydrogen) atoms. The highest BCUT2D eigenvalue weighted by molar-refractivity contribution is 5.79. The van der Waals surface area contributed by atoms with Gasteiger partial charge in [-0.05, 0) is 25.8 Å². The second kappa shape index (κ2) is 7.07. The van der Waals surface area contributed by atoms with Crippen LogP contribution >= 0.6 is 0 Å². The molecular weight excluding hydrogens is 214 g/mol. The zero-order valence-corrected chi connectivity index (χ0v) is 10.6. The summed E-state index contributed by atoms with van der Waals surface area (Å²) in [7, 11) is 0. The Labute approximate surface area is 103 Å². The van der Waals surface area contributed by atoms with Crippen molar-refractivity contribution < 1.29 is 9.90 Å². The van der Waals surface area contributed by atoms with Gasteiger partial charge >= 0.3 is 0 Å².